The van der Waals surface area contributed by atoms with Gasteiger partial charge in [0.2, 0.25) is 0 Å². The van der Waals surface area contributed by atoms with E-state index in [1.165, 1.54) is 0 Å². The fourth-order valence-corrected chi connectivity index (χ4v) is 5.77. The molecule has 1 atom stereocenters. The molecule has 36 heavy (non-hydrogen) atoms. The molecule has 8 nitrogen and oxygen atoms in total. The van der Waals surface area contributed by atoms with Gasteiger partial charge < -0.3 is 19.1 Å². The van der Waals surface area contributed by atoms with Crippen LogP contribution in [0.1, 0.15) is 80.7 Å². The highest BCUT2D eigenvalue weighted by Crippen LogP contribution is 2.39. The monoisotopic (exact) mass is 512 g/mol. The molecule has 4 heterocycles. The van der Waals surface area contributed by atoms with Crippen molar-refractivity contribution < 1.29 is 19.4 Å². The highest BCUT2D eigenvalue weighted by Gasteiger charge is 2.31. The van der Waals surface area contributed by atoms with Gasteiger partial charge in [0.15, 0.2) is 0 Å². The normalized spacial score (nSPS) is 16.1. The molecule has 1 N–H and O–H groups in total. The Kier molecular flexibility index (Phi) is 7.16. The minimum atomic E-state index is -0.923. The number of carbonyl (C=O) groups is 2. The summed E-state index contributed by atoms with van der Waals surface area (Å²) in [4.78, 5) is 34.2. The Bertz CT molecular complexity index is 1270. The number of carboxylic acids is 1. The summed E-state index contributed by atoms with van der Waals surface area (Å²) >= 11 is 1.59. The Labute approximate surface area is 216 Å². The molecule has 194 valence electrons. The standard InChI is InChI=1S/C27H36N4O4S/c1-16(2)23-20(22-13-28-15-36-22)14-31-21(23)12-19(25(32)33)17(3)24(31)18(4)29-8-10-30(11-9-29)26(34)35-27(5,6)7/h12-16,18H,8-11H2,1-7H3,(H,32,33). The van der Waals surface area contributed by atoms with Crippen LogP contribution >= 0.6 is 11.3 Å². The molecule has 0 saturated carbocycles. The van der Waals surface area contributed by atoms with Gasteiger partial charge in [-0.1, -0.05) is 13.8 Å². The minimum Gasteiger partial charge on any atom is -0.478 e. The number of hydrogen-bond donors (Lipinski definition) is 1. The van der Waals surface area contributed by atoms with Crippen LogP contribution in [-0.4, -0.2) is 68.1 Å². The number of ether oxygens (including phenoxy) is 1. The second kappa shape index (κ2) is 9.86. The molecule has 0 spiro atoms. The summed E-state index contributed by atoms with van der Waals surface area (Å²) in [6, 6.07) is 1.77. The van der Waals surface area contributed by atoms with Gasteiger partial charge in [-0.15, -0.1) is 11.3 Å². The molecule has 3 aromatic rings. The highest BCUT2D eigenvalue weighted by molar-refractivity contribution is 7.13. The first-order valence-corrected chi connectivity index (χ1v) is 13.3. The summed E-state index contributed by atoms with van der Waals surface area (Å²) in [6.07, 6.45) is 3.72. The van der Waals surface area contributed by atoms with Crippen molar-refractivity contribution in [2.75, 3.05) is 26.2 Å². The van der Waals surface area contributed by atoms with Crippen molar-refractivity contribution in [3.8, 4) is 10.4 Å². The number of carboxylic acid groups (broad SMARTS) is 1. The van der Waals surface area contributed by atoms with Gasteiger partial charge in [0.1, 0.15) is 5.60 Å². The molecule has 1 saturated heterocycles. The average molecular weight is 513 g/mol. The molecule has 1 fully saturated rings. The maximum atomic E-state index is 12.5. The molecule has 0 aliphatic carbocycles. The summed E-state index contributed by atoms with van der Waals surface area (Å²) in [5.41, 5.74) is 6.50. The number of piperazine rings is 1. The van der Waals surface area contributed by atoms with E-state index in [1.807, 2.05) is 45.5 Å². The molecule has 0 radical (unpaired) electrons. The number of nitrogens with zero attached hydrogens (tertiary/aromatic N) is 4. The van der Waals surface area contributed by atoms with Gasteiger partial charge in [-0.05, 0) is 57.7 Å². The third-order valence-corrected chi connectivity index (χ3v) is 7.63. The summed E-state index contributed by atoms with van der Waals surface area (Å²) in [5, 5.41) is 10.1. The van der Waals surface area contributed by atoms with E-state index in [0.717, 1.165) is 32.8 Å². The molecular weight excluding hydrogens is 476 g/mol. The molecule has 0 bridgehead atoms. The molecule has 3 aromatic heterocycles. The van der Waals surface area contributed by atoms with Gasteiger partial charge in [-0.3, -0.25) is 9.88 Å². The number of aromatic carboxylic acids is 1. The van der Waals surface area contributed by atoms with Crippen molar-refractivity contribution >= 4 is 28.9 Å². The molecular formula is C27H36N4O4S. The van der Waals surface area contributed by atoms with Gasteiger partial charge in [0.05, 0.1) is 21.5 Å². The highest BCUT2D eigenvalue weighted by atomic mass is 32.1. The second-order valence-electron chi connectivity index (χ2n) is 10.8. The van der Waals surface area contributed by atoms with Crippen LogP contribution in [0.2, 0.25) is 0 Å². The van der Waals surface area contributed by atoms with E-state index in [4.69, 9.17) is 4.74 Å². The topological polar surface area (TPSA) is 87.4 Å². The van der Waals surface area contributed by atoms with Crippen molar-refractivity contribution in [2.24, 2.45) is 0 Å². The van der Waals surface area contributed by atoms with Gasteiger partial charge in [0.25, 0.3) is 0 Å². The Morgan fingerprint density at radius 2 is 1.81 bits per heavy atom. The zero-order valence-electron chi connectivity index (χ0n) is 22.2. The van der Waals surface area contributed by atoms with E-state index in [0.29, 0.717) is 31.7 Å². The third kappa shape index (κ3) is 4.99. The second-order valence-corrected chi connectivity index (χ2v) is 11.7. The zero-order valence-corrected chi connectivity index (χ0v) is 23.0. The smallest absolute Gasteiger partial charge is 0.410 e. The first-order chi connectivity index (χ1) is 16.9. The lowest BCUT2D eigenvalue weighted by molar-refractivity contribution is 0.0107. The third-order valence-electron chi connectivity index (χ3n) is 6.83. The van der Waals surface area contributed by atoms with Crippen LogP contribution in [0.5, 0.6) is 0 Å². The van der Waals surface area contributed by atoms with Crippen molar-refractivity contribution in [1.82, 2.24) is 19.2 Å². The van der Waals surface area contributed by atoms with E-state index in [-0.39, 0.29) is 18.1 Å². The van der Waals surface area contributed by atoms with E-state index in [9.17, 15) is 14.7 Å². The quantitative estimate of drug-likeness (QED) is 0.464. The lowest BCUT2D eigenvalue weighted by atomic mass is 9.96. The summed E-state index contributed by atoms with van der Waals surface area (Å²) in [6.45, 7) is 16.4. The van der Waals surface area contributed by atoms with Crippen molar-refractivity contribution in [3.63, 3.8) is 0 Å². The molecule has 1 amide bonds. The Balaban J connectivity index is 1.74. The number of thiazole rings is 1. The molecule has 4 rings (SSSR count). The summed E-state index contributed by atoms with van der Waals surface area (Å²) < 4.78 is 7.72. The fourth-order valence-electron chi connectivity index (χ4n) is 5.13. The zero-order chi connectivity index (χ0) is 26.4. The molecule has 1 unspecified atom stereocenters. The number of carbonyl (C=O) groups excluding carboxylic acids is 1. The van der Waals surface area contributed by atoms with Crippen molar-refractivity contribution in [2.45, 2.75) is 66.0 Å². The number of pyridine rings is 1. The molecule has 0 aromatic carbocycles. The van der Waals surface area contributed by atoms with Crippen LogP contribution in [0.3, 0.4) is 0 Å². The number of rotatable bonds is 5. The SMILES string of the molecule is Cc1c(C(=O)O)cc2c(C(C)C)c(-c3cncs3)cn2c1C(C)N1CCN(C(=O)OC(C)(C)C)CC1. The van der Waals surface area contributed by atoms with Crippen LogP contribution in [-0.2, 0) is 4.74 Å². The number of hydrogen-bond acceptors (Lipinski definition) is 6. The van der Waals surface area contributed by atoms with Crippen molar-refractivity contribution in [1.29, 1.82) is 0 Å². The molecule has 9 heteroatoms. The van der Waals surface area contributed by atoms with Gasteiger partial charge in [-0.2, -0.15) is 0 Å². The molecule has 1 aliphatic rings. The Morgan fingerprint density at radius 3 is 2.33 bits per heavy atom. The van der Waals surface area contributed by atoms with Crippen LogP contribution in [0, 0.1) is 6.92 Å². The van der Waals surface area contributed by atoms with Gasteiger partial charge in [-0.25, -0.2) is 9.59 Å². The van der Waals surface area contributed by atoms with Gasteiger partial charge in [0, 0.05) is 55.9 Å². The summed E-state index contributed by atoms with van der Waals surface area (Å²) in [5.74, 6) is -0.717. The predicted molar refractivity (Wildman–Crippen MR) is 142 cm³/mol. The maximum absolute atomic E-state index is 12.5. The predicted octanol–water partition coefficient (Wildman–Crippen LogP) is 5.81. The van der Waals surface area contributed by atoms with Crippen LogP contribution in [0.25, 0.3) is 16.0 Å². The Hall–Kier alpha value is -2.91. The van der Waals surface area contributed by atoms with E-state index < -0.39 is 11.6 Å². The lowest BCUT2D eigenvalue weighted by Crippen LogP contribution is -2.50. The Morgan fingerprint density at radius 1 is 1.14 bits per heavy atom. The largest absolute Gasteiger partial charge is 0.478 e. The maximum Gasteiger partial charge on any atom is 0.410 e. The average Bonchev–Trinajstić information content (AvgIpc) is 3.44. The van der Waals surface area contributed by atoms with Crippen LogP contribution in [0.15, 0.2) is 24.0 Å². The van der Waals surface area contributed by atoms with Crippen LogP contribution in [0.4, 0.5) is 4.79 Å². The number of amides is 1. The van der Waals surface area contributed by atoms with E-state index >= 15 is 0 Å². The lowest BCUT2D eigenvalue weighted by Gasteiger charge is -2.39. The van der Waals surface area contributed by atoms with E-state index in [2.05, 4.69) is 41.3 Å². The molecule has 1 aliphatic heterocycles. The van der Waals surface area contributed by atoms with E-state index in [1.54, 1.807) is 16.2 Å². The first kappa shape index (κ1) is 26.2. The first-order valence-electron chi connectivity index (χ1n) is 12.4. The number of fused-ring (bicyclic) bond motifs is 1. The summed E-state index contributed by atoms with van der Waals surface area (Å²) in [7, 11) is 0. The van der Waals surface area contributed by atoms with Crippen molar-refractivity contribution in [3.05, 3.63) is 46.4 Å². The van der Waals surface area contributed by atoms with Crippen LogP contribution < -0.4 is 0 Å². The fraction of sp³-hybridized carbons (Fsp3) is 0.519. The minimum absolute atomic E-state index is 0.0469. The number of aromatic nitrogens is 2. The van der Waals surface area contributed by atoms with Gasteiger partial charge >= 0.3 is 12.1 Å².